The van der Waals surface area contributed by atoms with Crippen LogP contribution in [0.15, 0.2) is 30.5 Å². The van der Waals surface area contributed by atoms with Gasteiger partial charge in [0.15, 0.2) is 5.69 Å². The van der Waals surface area contributed by atoms with Crippen LogP contribution in [-0.2, 0) is 15.7 Å². The average molecular weight is 355 g/mol. The second-order valence-corrected chi connectivity index (χ2v) is 5.23. The van der Waals surface area contributed by atoms with Crippen LogP contribution in [0.2, 0.25) is 0 Å². The van der Waals surface area contributed by atoms with Gasteiger partial charge >= 0.3 is 12.1 Å². The molecule has 0 aliphatic heterocycles. The van der Waals surface area contributed by atoms with Crippen LogP contribution in [0.25, 0.3) is 5.69 Å². The number of carbonyl (C=O) groups is 2. The third-order valence-electron chi connectivity index (χ3n) is 3.40. The first-order chi connectivity index (χ1) is 11.7. The Labute approximate surface area is 141 Å². The van der Waals surface area contributed by atoms with E-state index in [0.717, 1.165) is 11.8 Å². The molecule has 0 aliphatic rings. The number of benzene rings is 1. The lowest BCUT2D eigenvalue weighted by molar-refractivity contribution is -0.143. The van der Waals surface area contributed by atoms with Gasteiger partial charge in [-0.1, -0.05) is 17.7 Å². The molecule has 25 heavy (non-hydrogen) atoms. The highest BCUT2D eigenvalue weighted by Crippen LogP contribution is 2.33. The summed E-state index contributed by atoms with van der Waals surface area (Å²) in [6.45, 7) is 1.66. The minimum atomic E-state index is -4.78. The molecule has 1 amide bonds. The highest BCUT2D eigenvalue weighted by Gasteiger charge is 2.40. The van der Waals surface area contributed by atoms with Gasteiger partial charge in [-0.05, 0) is 19.1 Å². The highest BCUT2D eigenvalue weighted by atomic mass is 19.4. The van der Waals surface area contributed by atoms with E-state index in [4.69, 9.17) is 0 Å². The number of nitrogens with one attached hydrogen (secondary N) is 1. The predicted octanol–water partition coefficient (Wildman–Crippen LogP) is 2.49. The first kappa shape index (κ1) is 18.5. The molecule has 6 nitrogen and oxygen atoms in total. The van der Waals surface area contributed by atoms with Crippen LogP contribution in [0.4, 0.5) is 13.2 Å². The van der Waals surface area contributed by atoms with Gasteiger partial charge in [-0.2, -0.15) is 18.3 Å². The lowest BCUT2D eigenvalue weighted by Crippen LogP contribution is -2.28. The van der Waals surface area contributed by atoms with Crippen molar-refractivity contribution in [2.24, 2.45) is 0 Å². The molecule has 1 N–H and O–H groups in total. The number of nitrogens with zero attached hydrogens (tertiary/aromatic N) is 2. The summed E-state index contributed by atoms with van der Waals surface area (Å²) in [6.07, 6.45) is -4.07. The van der Waals surface area contributed by atoms with E-state index in [1.54, 1.807) is 19.1 Å². The largest absolute Gasteiger partial charge is 0.469 e. The van der Waals surface area contributed by atoms with Crippen molar-refractivity contribution in [2.75, 3.05) is 13.7 Å². The molecule has 0 unspecified atom stereocenters. The average Bonchev–Trinajstić information content (AvgIpc) is 3.00. The lowest BCUT2D eigenvalue weighted by Gasteiger charge is -2.13. The van der Waals surface area contributed by atoms with Crippen LogP contribution in [0.1, 0.15) is 28.0 Å². The zero-order chi connectivity index (χ0) is 18.6. The van der Waals surface area contributed by atoms with Crippen LogP contribution in [0, 0.1) is 6.92 Å². The SMILES string of the molecule is COC(=O)CCNC(=O)c1cnn(-c2ccc(C)cc2)c1C(F)(F)F. The number of rotatable bonds is 5. The lowest BCUT2D eigenvalue weighted by atomic mass is 10.2. The molecular weight excluding hydrogens is 339 g/mol. The third-order valence-corrected chi connectivity index (χ3v) is 3.40. The minimum Gasteiger partial charge on any atom is -0.469 e. The van der Waals surface area contributed by atoms with Crippen molar-refractivity contribution in [3.63, 3.8) is 0 Å². The number of carbonyl (C=O) groups excluding carboxylic acids is 2. The molecule has 2 rings (SSSR count). The fourth-order valence-electron chi connectivity index (χ4n) is 2.14. The Bertz CT molecular complexity index is 767. The molecule has 2 aromatic rings. The second-order valence-electron chi connectivity index (χ2n) is 5.23. The maximum absolute atomic E-state index is 13.5. The van der Waals surface area contributed by atoms with Gasteiger partial charge in [-0.25, -0.2) is 4.68 Å². The smallest absolute Gasteiger partial charge is 0.434 e. The molecule has 0 bridgehead atoms. The number of alkyl halides is 3. The molecule has 0 radical (unpaired) electrons. The van der Waals surface area contributed by atoms with Gasteiger partial charge in [0.1, 0.15) is 0 Å². The minimum absolute atomic E-state index is 0.140. The summed E-state index contributed by atoms with van der Waals surface area (Å²) >= 11 is 0. The first-order valence-electron chi connectivity index (χ1n) is 7.31. The summed E-state index contributed by atoms with van der Waals surface area (Å²) in [7, 11) is 1.18. The second kappa shape index (κ2) is 7.37. The van der Waals surface area contributed by atoms with E-state index in [1.165, 1.54) is 19.2 Å². The maximum atomic E-state index is 13.5. The van der Waals surface area contributed by atoms with Crippen molar-refractivity contribution in [1.82, 2.24) is 15.1 Å². The zero-order valence-corrected chi connectivity index (χ0v) is 13.6. The monoisotopic (exact) mass is 355 g/mol. The molecule has 1 heterocycles. The maximum Gasteiger partial charge on any atom is 0.434 e. The molecule has 1 aromatic heterocycles. The number of hydrogen-bond donors (Lipinski definition) is 1. The number of ether oxygens (including phenoxy) is 1. The summed E-state index contributed by atoms with van der Waals surface area (Å²) in [5.41, 5.74) is -0.721. The Balaban J connectivity index is 2.31. The fourth-order valence-corrected chi connectivity index (χ4v) is 2.14. The molecule has 0 saturated carbocycles. The predicted molar refractivity (Wildman–Crippen MR) is 82.3 cm³/mol. The van der Waals surface area contributed by atoms with Gasteiger partial charge in [0.2, 0.25) is 0 Å². The van der Waals surface area contributed by atoms with Gasteiger partial charge < -0.3 is 10.1 Å². The quantitative estimate of drug-likeness (QED) is 0.837. The van der Waals surface area contributed by atoms with Crippen LogP contribution in [-0.4, -0.2) is 35.3 Å². The third kappa shape index (κ3) is 4.37. The highest BCUT2D eigenvalue weighted by molar-refractivity contribution is 5.95. The Kier molecular flexibility index (Phi) is 5.45. The Morgan fingerprint density at radius 2 is 1.88 bits per heavy atom. The van der Waals surface area contributed by atoms with Crippen LogP contribution < -0.4 is 5.32 Å². The van der Waals surface area contributed by atoms with Crippen molar-refractivity contribution in [3.05, 3.63) is 47.3 Å². The summed E-state index contributed by atoms with van der Waals surface area (Å²) in [6, 6.07) is 6.26. The van der Waals surface area contributed by atoms with E-state index >= 15 is 0 Å². The van der Waals surface area contributed by atoms with E-state index in [9.17, 15) is 22.8 Å². The topological polar surface area (TPSA) is 73.2 Å². The van der Waals surface area contributed by atoms with Crippen molar-refractivity contribution in [2.45, 2.75) is 19.5 Å². The molecule has 0 fully saturated rings. The molecule has 0 spiro atoms. The van der Waals surface area contributed by atoms with Crippen molar-refractivity contribution in [3.8, 4) is 5.69 Å². The Morgan fingerprint density at radius 3 is 2.44 bits per heavy atom. The van der Waals surface area contributed by atoms with E-state index in [2.05, 4.69) is 15.2 Å². The fraction of sp³-hybridized carbons (Fsp3) is 0.312. The van der Waals surface area contributed by atoms with E-state index in [1.807, 2.05) is 0 Å². The van der Waals surface area contributed by atoms with E-state index in [0.29, 0.717) is 4.68 Å². The van der Waals surface area contributed by atoms with Gasteiger partial charge in [0.25, 0.3) is 5.91 Å². The number of esters is 1. The van der Waals surface area contributed by atoms with Crippen molar-refractivity contribution >= 4 is 11.9 Å². The number of hydrogen-bond acceptors (Lipinski definition) is 4. The van der Waals surface area contributed by atoms with Gasteiger partial charge in [0.05, 0.1) is 31.0 Å². The summed E-state index contributed by atoms with van der Waals surface area (Å²) in [5.74, 6) is -1.54. The molecule has 1 aromatic carbocycles. The summed E-state index contributed by atoms with van der Waals surface area (Å²) in [4.78, 5) is 23.1. The van der Waals surface area contributed by atoms with Gasteiger partial charge in [-0.3, -0.25) is 9.59 Å². The number of methoxy groups -OCH3 is 1. The Morgan fingerprint density at radius 1 is 1.24 bits per heavy atom. The summed E-state index contributed by atoms with van der Waals surface area (Å²) < 4.78 is 45.4. The molecule has 134 valence electrons. The van der Waals surface area contributed by atoms with Gasteiger partial charge in [-0.15, -0.1) is 0 Å². The molecule has 9 heteroatoms. The zero-order valence-electron chi connectivity index (χ0n) is 13.6. The first-order valence-corrected chi connectivity index (χ1v) is 7.31. The molecular formula is C16H16F3N3O3. The van der Waals surface area contributed by atoms with E-state index in [-0.39, 0.29) is 18.7 Å². The Hall–Kier alpha value is -2.84. The number of aromatic nitrogens is 2. The van der Waals surface area contributed by atoms with Gasteiger partial charge in [0, 0.05) is 6.54 Å². The van der Waals surface area contributed by atoms with E-state index < -0.39 is 29.3 Å². The molecule has 0 aliphatic carbocycles. The molecule has 0 saturated heterocycles. The standard InChI is InChI=1S/C16H16F3N3O3/c1-10-3-5-11(6-4-10)22-14(16(17,18)19)12(9-21-22)15(24)20-8-7-13(23)25-2/h3-6,9H,7-8H2,1-2H3,(H,20,24). The summed E-state index contributed by atoms with van der Waals surface area (Å²) in [5, 5.41) is 5.96. The van der Waals surface area contributed by atoms with Crippen molar-refractivity contribution in [1.29, 1.82) is 0 Å². The molecule has 0 atom stereocenters. The van der Waals surface area contributed by atoms with Crippen LogP contribution >= 0.6 is 0 Å². The number of halogens is 3. The number of aryl methyl sites for hydroxylation is 1. The normalized spacial score (nSPS) is 11.2. The van der Waals surface area contributed by atoms with Crippen LogP contribution in [0.3, 0.4) is 0 Å². The van der Waals surface area contributed by atoms with Crippen molar-refractivity contribution < 1.29 is 27.5 Å². The van der Waals surface area contributed by atoms with Crippen LogP contribution in [0.5, 0.6) is 0 Å². The number of amides is 1.